The van der Waals surface area contributed by atoms with Crippen LogP contribution in [0.25, 0.3) is 11.3 Å². The lowest BCUT2D eigenvalue weighted by Gasteiger charge is -2.29. The van der Waals surface area contributed by atoms with Crippen molar-refractivity contribution in [3.63, 3.8) is 0 Å². The van der Waals surface area contributed by atoms with Crippen LogP contribution in [0.5, 0.6) is 0 Å². The van der Waals surface area contributed by atoms with Gasteiger partial charge in [0.05, 0.1) is 17.8 Å². The van der Waals surface area contributed by atoms with Gasteiger partial charge in [-0.1, -0.05) is 12.1 Å². The Morgan fingerprint density at radius 1 is 1.18 bits per heavy atom. The van der Waals surface area contributed by atoms with Crippen LogP contribution < -0.4 is 11.2 Å². The molecule has 39 heavy (non-hydrogen) atoms. The van der Waals surface area contributed by atoms with E-state index in [2.05, 4.69) is 33.0 Å². The molecule has 0 aliphatic heterocycles. The number of hydrazine groups is 1. The molecule has 3 rings (SSSR count). The number of aliphatic hydroxyl groups excluding tert-OH is 1. The Balaban J connectivity index is 1.72. The van der Waals surface area contributed by atoms with E-state index in [1.54, 1.807) is 20.8 Å². The summed E-state index contributed by atoms with van der Waals surface area (Å²) >= 11 is 2.16. The number of nitrogens with zero attached hydrogens (tertiary/aromatic N) is 3. The van der Waals surface area contributed by atoms with Gasteiger partial charge in [-0.2, -0.15) is 13.9 Å². The maximum Gasteiger partial charge on any atom is 0.407 e. The van der Waals surface area contributed by atoms with E-state index in [4.69, 9.17) is 10.6 Å². The highest BCUT2D eigenvalue weighted by Crippen LogP contribution is 2.25. The second kappa shape index (κ2) is 13.1. The molecule has 0 fully saturated rings. The van der Waals surface area contributed by atoms with Crippen LogP contribution in [0.1, 0.15) is 38.4 Å². The van der Waals surface area contributed by atoms with Crippen LogP contribution in [0.3, 0.4) is 0 Å². The Hall–Kier alpha value is -2.75. The van der Waals surface area contributed by atoms with Crippen LogP contribution in [0.2, 0.25) is 0 Å². The number of alkyl halides is 2. The summed E-state index contributed by atoms with van der Waals surface area (Å²) in [6.07, 6.45) is -0.716. The highest BCUT2D eigenvalue weighted by Gasteiger charge is 2.27. The summed E-state index contributed by atoms with van der Waals surface area (Å²) in [7, 11) is 0. The predicted molar refractivity (Wildman–Crippen MR) is 145 cm³/mol. The molecule has 0 unspecified atom stereocenters. The van der Waals surface area contributed by atoms with Gasteiger partial charge in [0.15, 0.2) is 0 Å². The Morgan fingerprint density at radius 3 is 2.33 bits per heavy atom. The maximum absolute atomic E-state index is 14.8. The van der Waals surface area contributed by atoms with Gasteiger partial charge >= 0.3 is 12.6 Å². The number of ether oxygens (including phenoxy) is 1. The van der Waals surface area contributed by atoms with E-state index in [9.17, 15) is 27.5 Å². The fourth-order valence-electron chi connectivity index (χ4n) is 3.75. The van der Waals surface area contributed by atoms with E-state index in [0.29, 0.717) is 4.68 Å². The molecule has 0 spiro atoms. The van der Waals surface area contributed by atoms with Gasteiger partial charge < -0.3 is 15.2 Å². The molecule has 0 aliphatic rings. The molecule has 0 saturated heterocycles. The largest absolute Gasteiger partial charge is 0.444 e. The average Bonchev–Trinajstić information content (AvgIpc) is 3.32. The molecule has 212 valence electrons. The van der Waals surface area contributed by atoms with Crippen molar-refractivity contribution in [3.05, 3.63) is 75.0 Å². The summed E-state index contributed by atoms with van der Waals surface area (Å²) in [4.78, 5) is 12.4. The molecule has 0 saturated carbocycles. The summed E-state index contributed by atoms with van der Waals surface area (Å²) in [5.41, 5.74) is -0.347. The fraction of sp³-hybridized carbons (Fsp3) is 0.385. The number of hydrogen-bond acceptors (Lipinski definition) is 6. The number of nitrogens with one attached hydrogen (secondary N) is 1. The first-order chi connectivity index (χ1) is 18.2. The first kappa shape index (κ1) is 30.8. The molecule has 0 bridgehead atoms. The third-order valence-electron chi connectivity index (χ3n) is 5.56. The van der Waals surface area contributed by atoms with Gasteiger partial charge in [-0.3, -0.25) is 5.84 Å². The summed E-state index contributed by atoms with van der Waals surface area (Å²) in [6, 6.07) is 9.83. The number of aliphatic hydroxyl groups is 1. The zero-order valence-electron chi connectivity index (χ0n) is 21.5. The Kier molecular flexibility index (Phi) is 10.3. The lowest BCUT2D eigenvalue weighted by molar-refractivity contribution is 0.0356. The summed E-state index contributed by atoms with van der Waals surface area (Å²) < 4.78 is 61.9. The second-order valence-corrected chi connectivity index (χ2v) is 11.2. The van der Waals surface area contributed by atoms with E-state index in [0.717, 1.165) is 32.5 Å². The lowest BCUT2D eigenvalue weighted by atomic mass is 10.0. The number of carbonyl (C=O) groups excluding carboxylic acids is 1. The van der Waals surface area contributed by atoms with Gasteiger partial charge in [0.25, 0.3) is 0 Å². The minimum Gasteiger partial charge on any atom is -0.444 e. The number of benzene rings is 2. The SMILES string of the molecule is CC(C)(C)OC(=O)N[C@@H](Cc1ccc(I)cc1)[C@@H](O)CN(N)Cc1c(F)cc(-c2ccn(C(F)F)n2)cc1F. The van der Waals surface area contributed by atoms with Gasteiger partial charge in [0.2, 0.25) is 0 Å². The van der Waals surface area contributed by atoms with Crippen LogP contribution in [-0.2, 0) is 17.7 Å². The van der Waals surface area contributed by atoms with Crippen molar-refractivity contribution >= 4 is 28.7 Å². The average molecular weight is 663 g/mol. The number of amides is 1. The summed E-state index contributed by atoms with van der Waals surface area (Å²) in [5.74, 6) is 4.10. The number of halogens is 5. The second-order valence-electron chi connectivity index (χ2n) is 9.96. The Bertz CT molecular complexity index is 1240. The van der Waals surface area contributed by atoms with Crippen molar-refractivity contribution in [3.8, 4) is 11.3 Å². The summed E-state index contributed by atoms with van der Waals surface area (Å²) in [5, 5.41) is 18.2. The minimum absolute atomic E-state index is 0.0177. The topological polar surface area (TPSA) is 106 Å². The van der Waals surface area contributed by atoms with E-state index >= 15 is 0 Å². The van der Waals surface area contributed by atoms with Crippen molar-refractivity contribution in [2.75, 3.05) is 6.54 Å². The van der Waals surface area contributed by atoms with Crippen molar-refractivity contribution < 1.29 is 32.2 Å². The van der Waals surface area contributed by atoms with Crippen LogP contribution in [0.15, 0.2) is 48.7 Å². The Labute approximate surface area is 237 Å². The molecule has 3 aromatic rings. The number of carbonyl (C=O) groups is 1. The standard InChI is InChI=1S/C26H30F4IN5O3/c1-26(2,3)39-25(38)33-22(10-15-4-6-17(31)7-5-15)23(37)14-35(32)13-18-19(27)11-16(12-20(18)28)21-8-9-36(34-21)24(29)30/h4-9,11-12,22-24,37H,10,13-14,32H2,1-3H3,(H,33,38)/t22-,23-/m0/s1. The molecular formula is C26H30F4IN5O3. The quantitative estimate of drug-likeness (QED) is 0.122. The molecule has 1 aromatic heterocycles. The van der Waals surface area contributed by atoms with E-state index in [-0.39, 0.29) is 29.8 Å². The third kappa shape index (κ3) is 9.15. The van der Waals surface area contributed by atoms with Crippen molar-refractivity contribution in [1.82, 2.24) is 20.1 Å². The van der Waals surface area contributed by atoms with E-state index in [1.165, 1.54) is 6.07 Å². The van der Waals surface area contributed by atoms with Gasteiger partial charge in [-0.25, -0.2) is 23.3 Å². The Morgan fingerprint density at radius 2 is 1.79 bits per heavy atom. The van der Waals surface area contributed by atoms with Gasteiger partial charge in [0.1, 0.15) is 17.2 Å². The van der Waals surface area contributed by atoms with Crippen molar-refractivity contribution in [2.24, 2.45) is 5.84 Å². The fourth-order valence-corrected chi connectivity index (χ4v) is 4.11. The van der Waals surface area contributed by atoms with Crippen LogP contribution in [-0.4, -0.2) is 50.3 Å². The number of rotatable bonds is 10. The third-order valence-corrected chi connectivity index (χ3v) is 6.28. The van der Waals surface area contributed by atoms with Gasteiger partial charge in [-0.15, -0.1) is 0 Å². The molecule has 0 aliphatic carbocycles. The predicted octanol–water partition coefficient (Wildman–Crippen LogP) is 5.00. The number of aromatic nitrogens is 2. The van der Waals surface area contributed by atoms with Crippen molar-refractivity contribution in [1.29, 1.82) is 0 Å². The molecular weight excluding hydrogens is 633 g/mol. The van der Waals surface area contributed by atoms with Crippen LogP contribution in [0.4, 0.5) is 22.4 Å². The maximum atomic E-state index is 14.8. The first-order valence-electron chi connectivity index (χ1n) is 11.9. The smallest absolute Gasteiger partial charge is 0.407 e. The highest BCUT2D eigenvalue weighted by atomic mass is 127. The van der Waals surface area contributed by atoms with Gasteiger partial charge in [0, 0.05) is 34.0 Å². The normalized spacial score (nSPS) is 13.5. The molecule has 13 heteroatoms. The zero-order valence-corrected chi connectivity index (χ0v) is 23.7. The molecule has 8 nitrogen and oxygen atoms in total. The van der Waals surface area contributed by atoms with Gasteiger partial charge in [-0.05, 0) is 85.7 Å². The highest BCUT2D eigenvalue weighted by molar-refractivity contribution is 14.1. The molecule has 4 N–H and O–H groups in total. The van der Waals surface area contributed by atoms with Crippen LogP contribution >= 0.6 is 22.6 Å². The number of hydrogen-bond donors (Lipinski definition) is 3. The van der Waals surface area contributed by atoms with E-state index < -0.39 is 48.6 Å². The zero-order chi connectivity index (χ0) is 28.9. The molecule has 0 radical (unpaired) electrons. The summed E-state index contributed by atoms with van der Waals surface area (Å²) in [6.45, 7) is 1.57. The monoisotopic (exact) mass is 663 g/mol. The molecule has 1 amide bonds. The molecule has 1 heterocycles. The minimum atomic E-state index is -2.88. The van der Waals surface area contributed by atoms with Crippen molar-refractivity contribution in [2.45, 2.75) is 58.0 Å². The lowest BCUT2D eigenvalue weighted by Crippen LogP contribution is -2.51. The first-order valence-corrected chi connectivity index (χ1v) is 13.0. The number of nitrogens with two attached hydrogens (primary N) is 1. The van der Waals surface area contributed by atoms with E-state index in [1.807, 2.05) is 24.3 Å². The molecule has 2 atom stereocenters. The van der Waals surface area contributed by atoms with Crippen LogP contribution in [0, 0.1) is 15.2 Å². The number of alkyl carbamates (subject to hydrolysis) is 1. The molecule has 2 aromatic carbocycles.